The van der Waals surface area contributed by atoms with E-state index in [1.54, 1.807) is 34.8 Å². The molecule has 1 amide bonds. The topological polar surface area (TPSA) is 81.3 Å². The van der Waals surface area contributed by atoms with Crippen LogP contribution in [0, 0.1) is 17.0 Å². The van der Waals surface area contributed by atoms with Gasteiger partial charge in [-0.3, -0.25) is 14.9 Å². The monoisotopic (exact) mass is 394 g/mol. The number of nitro groups is 1. The average Bonchev–Trinajstić information content (AvgIpc) is 3.35. The van der Waals surface area contributed by atoms with E-state index in [0.29, 0.717) is 12.1 Å². The Balaban J connectivity index is 1.61. The molecule has 142 valence electrons. The molecule has 1 unspecified atom stereocenters. The van der Waals surface area contributed by atoms with Crippen LogP contribution in [-0.2, 0) is 0 Å². The lowest BCUT2D eigenvalue weighted by Gasteiger charge is -2.24. The highest BCUT2D eigenvalue weighted by molar-refractivity contribution is 7.99. The molecule has 1 fully saturated rings. The highest BCUT2D eigenvalue weighted by Crippen LogP contribution is 2.39. The zero-order chi connectivity index (χ0) is 19.7. The molecule has 1 atom stereocenters. The number of carbonyl (C=O) groups excluding carboxylic acids is 1. The summed E-state index contributed by atoms with van der Waals surface area (Å²) in [5.41, 5.74) is 3.19. The van der Waals surface area contributed by atoms with Crippen LogP contribution in [0.4, 0.5) is 5.69 Å². The van der Waals surface area contributed by atoms with E-state index in [1.165, 1.54) is 12.1 Å². The normalized spacial score (nSPS) is 16.3. The third-order valence-corrected chi connectivity index (χ3v) is 6.04. The first-order chi connectivity index (χ1) is 13.6. The molecule has 0 bridgehead atoms. The summed E-state index contributed by atoms with van der Waals surface area (Å²) in [7, 11) is 0. The average molecular weight is 394 g/mol. The van der Waals surface area contributed by atoms with Crippen molar-refractivity contribution in [3.63, 3.8) is 0 Å². The van der Waals surface area contributed by atoms with E-state index >= 15 is 0 Å². The molecular formula is C20H18N4O3S. The first kappa shape index (κ1) is 18.2. The van der Waals surface area contributed by atoms with Crippen LogP contribution in [0.3, 0.4) is 0 Å². The maximum atomic E-state index is 13.2. The summed E-state index contributed by atoms with van der Waals surface area (Å²) in [6.45, 7) is 2.51. The van der Waals surface area contributed by atoms with Crippen LogP contribution in [0.5, 0.6) is 0 Å². The van der Waals surface area contributed by atoms with Crippen LogP contribution in [0.25, 0.3) is 5.69 Å². The second kappa shape index (κ2) is 7.47. The summed E-state index contributed by atoms with van der Waals surface area (Å²) in [4.78, 5) is 25.5. The Morgan fingerprint density at radius 3 is 2.57 bits per heavy atom. The molecule has 1 saturated heterocycles. The Bertz CT molecular complexity index is 1020. The van der Waals surface area contributed by atoms with Gasteiger partial charge in [0.15, 0.2) is 0 Å². The molecule has 0 radical (unpaired) electrons. The first-order valence-electron chi connectivity index (χ1n) is 8.83. The van der Waals surface area contributed by atoms with Gasteiger partial charge in [0.05, 0.1) is 28.1 Å². The molecule has 2 aromatic carbocycles. The second-order valence-electron chi connectivity index (χ2n) is 6.46. The maximum Gasteiger partial charge on any atom is 0.269 e. The number of hydrogen-bond donors (Lipinski definition) is 0. The van der Waals surface area contributed by atoms with Crippen LogP contribution >= 0.6 is 11.8 Å². The third kappa shape index (κ3) is 3.27. The van der Waals surface area contributed by atoms with Crippen LogP contribution in [0.1, 0.15) is 27.0 Å². The van der Waals surface area contributed by atoms with Crippen molar-refractivity contribution in [2.45, 2.75) is 12.3 Å². The zero-order valence-electron chi connectivity index (χ0n) is 15.2. The largest absolute Gasteiger partial charge is 0.322 e. The molecular weight excluding hydrogens is 376 g/mol. The number of nitro benzene ring substituents is 1. The van der Waals surface area contributed by atoms with E-state index in [9.17, 15) is 14.9 Å². The minimum absolute atomic E-state index is 0.0459. The molecule has 0 spiro atoms. The van der Waals surface area contributed by atoms with Gasteiger partial charge in [0, 0.05) is 24.4 Å². The number of aromatic nitrogens is 2. The van der Waals surface area contributed by atoms with Gasteiger partial charge in [-0.05, 0) is 36.8 Å². The summed E-state index contributed by atoms with van der Waals surface area (Å²) in [6, 6.07) is 16.1. The number of nitrogens with zero attached hydrogens (tertiary/aromatic N) is 4. The summed E-state index contributed by atoms with van der Waals surface area (Å²) in [6.07, 6.45) is 1.61. The van der Waals surface area contributed by atoms with Crippen molar-refractivity contribution in [1.29, 1.82) is 0 Å². The molecule has 0 saturated carbocycles. The molecule has 2 heterocycles. The SMILES string of the molecule is Cc1c(C(=O)N2CCSC2c2ccc([N+](=O)[O-])cc2)cnn1-c1ccccc1. The molecule has 3 aromatic rings. The van der Waals surface area contributed by atoms with Crippen molar-refractivity contribution in [3.8, 4) is 5.69 Å². The highest BCUT2D eigenvalue weighted by Gasteiger charge is 2.33. The van der Waals surface area contributed by atoms with Crippen molar-refractivity contribution in [2.75, 3.05) is 12.3 Å². The van der Waals surface area contributed by atoms with Gasteiger partial charge in [0.2, 0.25) is 0 Å². The first-order valence-corrected chi connectivity index (χ1v) is 9.88. The molecule has 1 aliphatic heterocycles. The van der Waals surface area contributed by atoms with E-state index in [2.05, 4.69) is 5.10 Å². The van der Waals surface area contributed by atoms with Crippen LogP contribution in [0.2, 0.25) is 0 Å². The number of para-hydroxylation sites is 1. The Morgan fingerprint density at radius 2 is 1.89 bits per heavy atom. The lowest BCUT2D eigenvalue weighted by atomic mass is 10.1. The zero-order valence-corrected chi connectivity index (χ0v) is 16.0. The standard InChI is InChI=1S/C20H18N4O3S/c1-14-18(13-21-23(14)16-5-3-2-4-6-16)19(25)22-11-12-28-20(22)15-7-9-17(10-8-15)24(26)27/h2-10,13,20H,11-12H2,1H3. The molecule has 0 N–H and O–H groups in total. The predicted octanol–water partition coefficient (Wildman–Crippen LogP) is 3.98. The van der Waals surface area contributed by atoms with Gasteiger partial charge in [0.1, 0.15) is 5.37 Å². The van der Waals surface area contributed by atoms with Gasteiger partial charge >= 0.3 is 0 Å². The smallest absolute Gasteiger partial charge is 0.269 e. The number of non-ortho nitro benzene ring substituents is 1. The minimum Gasteiger partial charge on any atom is -0.322 e. The molecule has 7 nitrogen and oxygen atoms in total. The Labute approximate surface area is 166 Å². The van der Waals surface area contributed by atoms with Gasteiger partial charge in [-0.25, -0.2) is 4.68 Å². The fourth-order valence-electron chi connectivity index (χ4n) is 3.32. The molecule has 28 heavy (non-hydrogen) atoms. The minimum atomic E-state index is -0.421. The number of thioether (sulfide) groups is 1. The maximum absolute atomic E-state index is 13.2. The molecule has 4 rings (SSSR count). The third-order valence-electron chi connectivity index (χ3n) is 4.78. The van der Waals surface area contributed by atoms with E-state index in [-0.39, 0.29) is 17.0 Å². The van der Waals surface area contributed by atoms with E-state index in [4.69, 9.17) is 0 Å². The number of benzene rings is 2. The fourth-order valence-corrected chi connectivity index (χ4v) is 4.57. The number of amides is 1. The number of rotatable bonds is 4. The van der Waals surface area contributed by atoms with Crippen molar-refractivity contribution < 1.29 is 9.72 Å². The molecule has 1 aliphatic rings. The highest BCUT2D eigenvalue weighted by atomic mass is 32.2. The van der Waals surface area contributed by atoms with E-state index < -0.39 is 4.92 Å². The summed E-state index contributed by atoms with van der Waals surface area (Å²) < 4.78 is 1.76. The summed E-state index contributed by atoms with van der Waals surface area (Å²) in [5.74, 6) is 0.743. The summed E-state index contributed by atoms with van der Waals surface area (Å²) in [5, 5.41) is 15.1. The van der Waals surface area contributed by atoms with Crippen LogP contribution < -0.4 is 0 Å². The molecule has 1 aromatic heterocycles. The lowest BCUT2D eigenvalue weighted by Crippen LogP contribution is -2.30. The quantitative estimate of drug-likeness (QED) is 0.494. The Hall–Kier alpha value is -3.13. The Kier molecular flexibility index (Phi) is 4.87. The number of hydrogen-bond acceptors (Lipinski definition) is 5. The van der Waals surface area contributed by atoms with Gasteiger partial charge in [-0.15, -0.1) is 11.8 Å². The van der Waals surface area contributed by atoms with E-state index in [0.717, 1.165) is 22.7 Å². The van der Waals surface area contributed by atoms with Crippen LogP contribution in [-0.4, -0.2) is 37.8 Å². The van der Waals surface area contributed by atoms with Gasteiger partial charge in [-0.1, -0.05) is 18.2 Å². The Morgan fingerprint density at radius 1 is 1.18 bits per heavy atom. The van der Waals surface area contributed by atoms with Gasteiger partial charge in [-0.2, -0.15) is 5.10 Å². The lowest BCUT2D eigenvalue weighted by molar-refractivity contribution is -0.384. The number of carbonyl (C=O) groups is 1. The van der Waals surface area contributed by atoms with E-state index in [1.807, 2.05) is 42.2 Å². The van der Waals surface area contributed by atoms with Gasteiger partial charge in [0.25, 0.3) is 11.6 Å². The second-order valence-corrected chi connectivity index (χ2v) is 7.65. The van der Waals surface area contributed by atoms with Crippen molar-refractivity contribution in [1.82, 2.24) is 14.7 Å². The van der Waals surface area contributed by atoms with Crippen LogP contribution in [0.15, 0.2) is 60.8 Å². The van der Waals surface area contributed by atoms with Crippen molar-refractivity contribution in [2.24, 2.45) is 0 Å². The van der Waals surface area contributed by atoms with Crippen molar-refractivity contribution >= 4 is 23.4 Å². The predicted molar refractivity (Wildman–Crippen MR) is 108 cm³/mol. The molecule has 8 heteroatoms. The van der Waals surface area contributed by atoms with Gasteiger partial charge < -0.3 is 4.90 Å². The molecule has 0 aliphatic carbocycles. The fraction of sp³-hybridized carbons (Fsp3) is 0.200. The summed E-state index contributed by atoms with van der Waals surface area (Å²) >= 11 is 1.66. The van der Waals surface area contributed by atoms with Crippen molar-refractivity contribution in [3.05, 3.63) is 87.7 Å².